The molecule has 1 unspecified atom stereocenters. The Kier molecular flexibility index (Phi) is 3.88. The number of phenols is 2. The van der Waals surface area contributed by atoms with Crippen molar-refractivity contribution in [1.29, 1.82) is 0 Å². The molecule has 1 amide bonds. The third-order valence-electron chi connectivity index (χ3n) is 3.85. The second-order valence-corrected chi connectivity index (χ2v) is 5.43. The van der Waals surface area contributed by atoms with Crippen LogP contribution in [0.5, 0.6) is 17.2 Å². The summed E-state index contributed by atoms with van der Waals surface area (Å²) in [7, 11) is 0. The number of hydrogen-bond donors (Lipinski definition) is 5. The van der Waals surface area contributed by atoms with Gasteiger partial charge in [-0.05, 0) is 5.56 Å². The minimum absolute atomic E-state index is 0.0143. The molecule has 1 heterocycles. The fourth-order valence-electron chi connectivity index (χ4n) is 2.83. The molecule has 24 heavy (non-hydrogen) atoms. The van der Waals surface area contributed by atoms with E-state index in [1.807, 2.05) is 0 Å². The molecular weight excluding hydrogens is 314 g/mol. The van der Waals surface area contributed by atoms with Gasteiger partial charge < -0.3 is 20.1 Å². The van der Waals surface area contributed by atoms with Crippen molar-refractivity contribution >= 4 is 11.5 Å². The smallest absolute Gasteiger partial charge is 0.246 e. The van der Waals surface area contributed by atoms with Crippen molar-refractivity contribution in [2.45, 2.75) is 12.0 Å². The lowest BCUT2D eigenvalue weighted by Gasteiger charge is -2.35. The van der Waals surface area contributed by atoms with Gasteiger partial charge in [-0.15, -0.1) is 0 Å². The Balaban J connectivity index is 2.21. The van der Waals surface area contributed by atoms with E-state index in [-0.39, 0.29) is 22.6 Å². The summed E-state index contributed by atoms with van der Waals surface area (Å²) >= 11 is 0. The van der Waals surface area contributed by atoms with Gasteiger partial charge in [0.15, 0.2) is 0 Å². The molecule has 1 aliphatic heterocycles. The topological polar surface area (TPSA) is 119 Å². The molecular formula is C17H15NO6. The van der Waals surface area contributed by atoms with Gasteiger partial charge in [0.25, 0.3) is 0 Å². The van der Waals surface area contributed by atoms with Crippen LogP contribution in [0.15, 0.2) is 48.7 Å². The number of hydroxylamine groups is 1. The summed E-state index contributed by atoms with van der Waals surface area (Å²) in [6, 6.07) is 11.0. The van der Waals surface area contributed by atoms with Crippen LogP contribution >= 0.6 is 0 Å². The van der Waals surface area contributed by atoms with Gasteiger partial charge in [-0.1, -0.05) is 30.3 Å². The van der Waals surface area contributed by atoms with Crippen LogP contribution in [0.4, 0.5) is 0 Å². The Morgan fingerprint density at radius 2 is 1.88 bits per heavy atom. The number of carbonyl (C=O) groups excluding carboxylic acids is 1. The Bertz CT molecular complexity index is 817. The van der Waals surface area contributed by atoms with Crippen LogP contribution < -0.4 is 10.2 Å². The lowest BCUT2D eigenvalue weighted by atomic mass is 9.78. The Morgan fingerprint density at radius 3 is 2.54 bits per heavy atom. The van der Waals surface area contributed by atoms with E-state index in [4.69, 9.17) is 9.94 Å². The summed E-state index contributed by atoms with van der Waals surface area (Å²) in [5, 5.41) is 39.9. The number of ether oxygens (including phenoxy) is 1. The second kappa shape index (κ2) is 5.88. The van der Waals surface area contributed by atoms with Crippen LogP contribution in [0.3, 0.4) is 0 Å². The number of aromatic hydroxyl groups is 2. The maximum absolute atomic E-state index is 11.7. The van der Waals surface area contributed by atoms with Crippen molar-refractivity contribution in [3.63, 3.8) is 0 Å². The number of amides is 1. The molecule has 0 spiro atoms. The van der Waals surface area contributed by atoms with E-state index in [0.717, 1.165) is 6.07 Å². The van der Waals surface area contributed by atoms with Crippen LogP contribution in [0, 0.1) is 0 Å². The predicted octanol–water partition coefficient (Wildman–Crippen LogP) is 1.61. The zero-order chi connectivity index (χ0) is 17.3. The Hall–Kier alpha value is -3.03. The molecule has 0 aromatic heterocycles. The molecule has 0 fully saturated rings. The van der Waals surface area contributed by atoms with Gasteiger partial charge in [-0.3, -0.25) is 10.0 Å². The van der Waals surface area contributed by atoms with Gasteiger partial charge in [-0.25, -0.2) is 5.48 Å². The van der Waals surface area contributed by atoms with Crippen LogP contribution in [-0.2, 0) is 10.4 Å². The first-order chi connectivity index (χ1) is 11.5. The Morgan fingerprint density at radius 1 is 1.17 bits per heavy atom. The highest BCUT2D eigenvalue weighted by atomic mass is 16.5. The molecule has 7 heteroatoms. The first kappa shape index (κ1) is 15.9. The van der Waals surface area contributed by atoms with E-state index in [1.165, 1.54) is 17.8 Å². The standard InChI is InChI=1S/C17H15NO6/c19-11-6-13(20)16-14(7-11)24-9-12(10-4-2-1-3-5-10)17(16,22)8-15(21)18-23/h1-7,9,19-20,22-23H,8H2,(H,18,21). The lowest BCUT2D eigenvalue weighted by molar-refractivity contribution is -0.133. The molecule has 0 saturated heterocycles. The molecule has 0 bridgehead atoms. The van der Waals surface area contributed by atoms with Crippen LogP contribution in [0.25, 0.3) is 5.57 Å². The molecule has 2 aromatic rings. The summed E-state index contributed by atoms with van der Waals surface area (Å²) in [5.74, 6) is -1.52. The van der Waals surface area contributed by atoms with Crippen molar-refractivity contribution in [2.75, 3.05) is 0 Å². The summed E-state index contributed by atoms with van der Waals surface area (Å²) in [6.45, 7) is 0. The SMILES string of the molecule is O=C(CC1(O)C(c2ccccc2)=COc2cc(O)cc(O)c21)NO. The van der Waals surface area contributed by atoms with Crippen molar-refractivity contribution < 1.29 is 30.1 Å². The highest BCUT2D eigenvalue weighted by molar-refractivity contribution is 5.85. The third kappa shape index (κ3) is 2.55. The maximum atomic E-state index is 11.7. The summed E-state index contributed by atoms with van der Waals surface area (Å²) < 4.78 is 5.43. The molecule has 0 radical (unpaired) electrons. The maximum Gasteiger partial charge on any atom is 0.246 e. The van der Waals surface area contributed by atoms with Crippen LogP contribution in [-0.4, -0.2) is 26.4 Å². The highest BCUT2D eigenvalue weighted by Crippen LogP contribution is 2.51. The van der Waals surface area contributed by atoms with Gasteiger partial charge >= 0.3 is 0 Å². The highest BCUT2D eigenvalue weighted by Gasteiger charge is 2.44. The van der Waals surface area contributed by atoms with E-state index in [2.05, 4.69) is 0 Å². The van der Waals surface area contributed by atoms with E-state index in [9.17, 15) is 20.1 Å². The van der Waals surface area contributed by atoms with Gasteiger partial charge in [-0.2, -0.15) is 0 Å². The van der Waals surface area contributed by atoms with E-state index < -0.39 is 23.7 Å². The third-order valence-corrected chi connectivity index (χ3v) is 3.85. The fourth-order valence-corrected chi connectivity index (χ4v) is 2.83. The average molecular weight is 329 g/mol. The molecule has 5 N–H and O–H groups in total. The van der Waals surface area contributed by atoms with Gasteiger partial charge in [0, 0.05) is 17.7 Å². The average Bonchev–Trinajstić information content (AvgIpc) is 2.54. The number of aliphatic hydroxyl groups is 1. The predicted molar refractivity (Wildman–Crippen MR) is 83.3 cm³/mol. The van der Waals surface area contributed by atoms with Crippen molar-refractivity contribution in [1.82, 2.24) is 5.48 Å². The number of fused-ring (bicyclic) bond motifs is 1. The zero-order valence-corrected chi connectivity index (χ0v) is 12.4. The molecule has 1 aliphatic rings. The van der Waals surface area contributed by atoms with Gasteiger partial charge in [0.05, 0.1) is 18.2 Å². The number of nitrogens with one attached hydrogen (secondary N) is 1. The number of phenolic OH excluding ortho intramolecular Hbond substituents is 2. The molecule has 7 nitrogen and oxygen atoms in total. The fraction of sp³-hybridized carbons (Fsp3) is 0.118. The summed E-state index contributed by atoms with van der Waals surface area (Å²) in [6.07, 6.45) is 0.695. The monoisotopic (exact) mass is 329 g/mol. The van der Waals surface area contributed by atoms with Crippen molar-refractivity contribution in [2.24, 2.45) is 0 Å². The number of rotatable bonds is 3. The van der Waals surface area contributed by atoms with Crippen molar-refractivity contribution in [3.8, 4) is 17.2 Å². The quantitative estimate of drug-likeness (QED) is 0.431. The number of benzene rings is 2. The first-order valence-corrected chi connectivity index (χ1v) is 7.10. The summed E-state index contributed by atoms with van der Waals surface area (Å²) in [4.78, 5) is 11.7. The Labute approximate surface area is 137 Å². The molecule has 1 atom stereocenters. The molecule has 0 aliphatic carbocycles. The van der Waals surface area contributed by atoms with E-state index in [1.54, 1.807) is 30.3 Å². The van der Waals surface area contributed by atoms with E-state index in [0.29, 0.717) is 5.56 Å². The molecule has 3 rings (SSSR count). The van der Waals surface area contributed by atoms with Crippen LogP contribution in [0.1, 0.15) is 17.5 Å². The normalized spacial score (nSPS) is 19.0. The zero-order valence-electron chi connectivity index (χ0n) is 12.4. The van der Waals surface area contributed by atoms with Crippen LogP contribution in [0.2, 0.25) is 0 Å². The van der Waals surface area contributed by atoms with E-state index >= 15 is 0 Å². The molecule has 2 aromatic carbocycles. The minimum atomic E-state index is -1.96. The number of hydrogen-bond acceptors (Lipinski definition) is 6. The minimum Gasteiger partial charge on any atom is -0.508 e. The number of carbonyl (C=O) groups is 1. The summed E-state index contributed by atoms with van der Waals surface area (Å²) in [5.41, 5.74) is 0.259. The lowest BCUT2D eigenvalue weighted by Crippen LogP contribution is -2.37. The molecule has 0 saturated carbocycles. The van der Waals surface area contributed by atoms with Gasteiger partial charge in [0.1, 0.15) is 22.8 Å². The largest absolute Gasteiger partial charge is 0.508 e. The van der Waals surface area contributed by atoms with Gasteiger partial charge in [0.2, 0.25) is 5.91 Å². The molecule has 124 valence electrons. The van der Waals surface area contributed by atoms with Crippen molar-refractivity contribution in [3.05, 3.63) is 59.9 Å². The first-order valence-electron chi connectivity index (χ1n) is 7.10. The second-order valence-electron chi connectivity index (χ2n) is 5.43.